The van der Waals surface area contributed by atoms with Gasteiger partial charge in [-0.1, -0.05) is 6.42 Å². The van der Waals surface area contributed by atoms with Gasteiger partial charge in [-0.2, -0.15) is 0 Å². The molecule has 0 saturated carbocycles. The van der Waals surface area contributed by atoms with Crippen molar-refractivity contribution in [3.8, 4) is 24.7 Å². The number of alkyl halides is 1. The summed E-state index contributed by atoms with van der Waals surface area (Å²) in [5.74, 6) is 5.85. The van der Waals surface area contributed by atoms with E-state index in [1.165, 1.54) is 45.3 Å². The minimum atomic E-state index is 0.685. The van der Waals surface area contributed by atoms with Gasteiger partial charge < -0.3 is 4.90 Å². The lowest BCUT2D eigenvalue weighted by atomic mass is 10.1. The Morgan fingerprint density at radius 1 is 0.941 bits per heavy atom. The number of rotatable bonds is 5. The molecule has 1 heterocycles. The van der Waals surface area contributed by atoms with E-state index >= 15 is 0 Å². The van der Waals surface area contributed by atoms with Gasteiger partial charge in [-0.15, -0.1) is 36.3 Å². The predicted octanol–water partition coefficient (Wildman–Crippen LogP) is 3.52. The monoisotopic (exact) mass is 253 g/mol. The van der Waals surface area contributed by atoms with E-state index in [0.717, 1.165) is 19.3 Å². The molecule has 0 atom stereocenters. The Hall–Kier alpha value is -0.630. The number of hydrogen-bond acceptors (Lipinski definition) is 1. The number of nitrogens with zero attached hydrogens (tertiary/aromatic N) is 1. The molecule has 0 aromatic carbocycles. The van der Waals surface area contributed by atoms with Gasteiger partial charge in [-0.05, 0) is 45.3 Å². The van der Waals surface area contributed by atoms with Crippen LogP contribution in [0.15, 0.2) is 0 Å². The van der Waals surface area contributed by atoms with Crippen molar-refractivity contribution in [2.24, 2.45) is 0 Å². The van der Waals surface area contributed by atoms with Crippen molar-refractivity contribution in [3.05, 3.63) is 0 Å². The summed E-state index contributed by atoms with van der Waals surface area (Å²) in [6.45, 7) is 3.80. The first-order valence-corrected chi connectivity index (χ1v) is 7.03. The molecule has 1 saturated heterocycles. The van der Waals surface area contributed by atoms with Crippen molar-refractivity contribution >= 4 is 11.6 Å². The van der Waals surface area contributed by atoms with Gasteiger partial charge >= 0.3 is 0 Å². The van der Waals surface area contributed by atoms with E-state index in [4.69, 9.17) is 24.4 Å². The smallest absolute Gasteiger partial charge is 0.0232 e. The fourth-order valence-electron chi connectivity index (χ4n) is 1.76. The lowest BCUT2D eigenvalue weighted by Crippen LogP contribution is -2.30. The maximum Gasteiger partial charge on any atom is 0.0232 e. The molecular formula is C15H24ClN. The lowest BCUT2D eigenvalue weighted by molar-refractivity contribution is 0.227. The second-order valence-corrected chi connectivity index (χ2v) is 4.58. The topological polar surface area (TPSA) is 3.24 Å². The molecule has 96 valence electrons. The molecule has 1 rings (SSSR count). The molecule has 2 heteroatoms. The van der Waals surface area contributed by atoms with Crippen molar-refractivity contribution in [1.82, 2.24) is 4.90 Å². The van der Waals surface area contributed by atoms with E-state index in [2.05, 4.69) is 16.7 Å². The fraction of sp³-hybridized carbons (Fsp3) is 0.733. The largest absolute Gasteiger partial charge is 0.303 e. The van der Waals surface area contributed by atoms with E-state index in [1.807, 2.05) is 0 Å². The molecule has 0 unspecified atom stereocenters. The van der Waals surface area contributed by atoms with Crippen LogP contribution in [0.25, 0.3) is 0 Å². The summed E-state index contributed by atoms with van der Waals surface area (Å²) in [4.78, 5) is 2.53. The third kappa shape index (κ3) is 11.6. The van der Waals surface area contributed by atoms with Crippen LogP contribution in [0.5, 0.6) is 0 Å². The van der Waals surface area contributed by atoms with Gasteiger partial charge in [-0.3, -0.25) is 0 Å². The minimum Gasteiger partial charge on any atom is -0.303 e. The van der Waals surface area contributed by atoms with Gasteiger partial charge in [0.1, 0.15) is 0 Å². The maximum atomic E-state index is 5.28. The van der Waals surface area contributed by atoms with Crippen LogP contribution in [0.3, 0.4) is 0 Å². The van der Waals surface area contributed by atoms with Crippen LogP contribution in [0.4, 0.5) is 0 Å². The van der Waals surface area contributed by atoms with Gasteiger partial charge in [0.25, 0.3) is 0 Å². The second kappa shape index (κ2) is 13.4. The highest BCUT2D eigenvalue weighted by atomic mass is 35.5. The summed E-state index contributed by atoms with van der Waals surface area (Å²) < 4.78 is 0. The molecule has 1 fully saturated rings. The Labute approximate surface area is 112 Å². The zero-order chi connectivity index (χ0) is 12.8. The molecule has 0 radical (unpaired) electrons. The number of likely N-dealkylation sites (tertiary alicyclic amines) is 1. The van der Waals surface area contributed by atoms with Crippen LogP contribution in [0.2, 0.25) is 0 Å². The van der Waals surface area contributed by atoms with Gasteiger partial charge in [-0.25, -0.2) is 0 Å². The fourth-order valence-corrected chi connectivity index (χ4v) is 1.89. The van der Waals surface area contributed by atoms with Gasteiger partial charge in [0, 0.05) is 18.7 Å². The number of terminal acetylenes is 2. The summed E-state index contributed by atoms with van der Waals surface area (Å²) in [5.41, 5.74) is 0. The summed E-state index contributed by atoms with van der Waals surface area (Å²) in [6, 6.07) is 0. The molecule has 0 amide bonds. The first kappa shape index (κ1) is 16.4. The molecule has 0 aliphatic carbocycles. The second-order valence-electron chi connectivity index (χ2n) is 4.21. The zero-order valence-corrected chi connectivity index (χ0v) is 11.5. The standard InChI is InChI=1S/C10H17N.C5H7Cl/c1-2-3-5-8-11-9-6-4-7-10-11;1-2-3-4-5-6/h1H,3-10H2;1H,3-5H2. The molecule has 0 bridgehead atoms. The van der Waals surface area contributed by atoms with Crippen LogP contribution >= 0.6 is 11.6 Å². The van der Waals surface area contributed by atoms with Gasteiger partial charge in [0.2, 0.25) is 0 Å². The first-order valence-electron chi connectivity index (χ1n) is 6.50. The highest BCUT2D eigenvalue weighted by Crippen LogP contribution is 2.08. The summed E-state index contributed by atoms with van der Waals surface area (Å²) in [5, 5.41) is 0. The Bertz CT molecular complexity index is 230. The van der Waals surface area contributed by atoms with Crippen LogP contribution in [-0.4, -0.2) is 30.4 Å². The number of hydrogen-bond donors (Lipinski definition) is 0. The third-order valence-electron chi connectivity index (χ3n) is 2.70. The molecule has 0 aromatic rings. The van der Waals surface area contributed by atoms with Crippen molar-refractivity contribution in [3.63, 3.8) is 0 Å². The van der Waals surface area contributed by atoms with Crippen LogP contribution in [0.1, 0.15) is 44.9 Å². The maximum absolute atomic E-state index is 5.28. The molecule has 1 aliphatic heterocycles. The lowest BCUT2D eigenvalue weighted by Gasteiger charge is -2.25. The summed E-state index contributed by atoms with van der Waals surface area (Å²) in [7, 11) is 0. The molecule has 17 heavy (non-hydrogen) atoms. The van der Waals surface area contributed by atoms with E-state index < -0.39 is 0 Å². The highest BCUT2D eigenvalue weighted by molar-refractivity contribution is 6.17. The zero-order valence-electron chi connectivity index (χ0n) is 10.8. The van der Waals surface area contributed by atoms with Crippen molar-refractivity contribution in [2.45, 2.75) is 44.9 Å². The van der Waals surface area contributed by atoms with E-state index in [-0.39, 0.29) is 0 Å². The van der Waals surface area contributed by atoms with E-state index in [0.29, 0.717) is 5.88 Å². The summed E-state index contributed by atoms with van der Waals surface area (Å²) in [6.07, 6.45) is 18.1. The first-order chi connectivity index (χ1) is 8.35. The minimum absolute atomic E-state index is 0.685. The molecule has 0 N–H and O–H groups in total. The number of halogens is 1. The number of unbranched alkanes of at least 4 members (excludes halogenated alkanes) is 2. The summed E-state index contributed by atoms with van der Waals surface area (Å²) >= 11 is 5.28. The molecule has 0 aromatic heterocycles. The average Bonchev–Trinajstić information content (AvgIpc) is 2.39. The Morgan fingerprint density at radius 2 is 1.53 bits per heavy atom. The van der Waals surface area contributed by atoms with Crippen LogP contribution in [0, 0.1) is 24.7 Å². The quantitative estimate of drug-likeness (QED) is 0.412. The third-order valence-corrected chi connectivity index (χ3v) is 2.97. The van der Waals surface area contributed by atoms with Crippen molar-refractivity contribution in [2.75, 3.05) is 25.5 Å². The number of piperidine rings is 1. The van der Waals surface area contributed by atoms with Crippen LogP contribution < -0.4 is 0 Å². The molecule has 1 nitrogen and oxygen atoms in total. The Kier molecular flexibility index (Phi) is 12.9. The Morgan fingerprint density at radius 3 is 2.00 bits per heavy atom. The van der Waals surface area contributed by atoms with Crippen LogP contribution in [-0.2, 0) is 0 Å². The van der Waals surface area contributed by atoms with E-state index in [1.54, 1.807) is 0 Å². The predicted molar refractivity (Wildman–Crippen MR) is 77.1 cm³/mol. The highest BCUT2D eigenvalue weighted by Gasteiger charge is 2.07. The average molecular weight is 254 g/mol. The molecule has 0 spiro atoms. The Balaban J connectivity index is 0.000000366. The van der Waals surface area contributed by atoms with Gasteiger partial charge in [0.15, 0.2) is 0 Å². The normalized spacial score (nSPS) is 15.2. The van der Waals surface area contributed by atoms with Crippen molar-refractivity contribution < 1.29 is 0 Å². The molecule has 1 aliphatic rings. The SMILES string of the molecule is C#CCCCCl.C#CCCCN1CCCCC1. The molecular weight excluding hydrogens is 230 g/mol. The van der Waals surface area contributed by atoms with E-state index in [9.17, 15) is 0 Å². The van der Waals surface area contributed by atoms with Gasteiger partial charge in [0.05, 0.1) is 0 Å². The van der Waals surface area contributed by atoms with Crippen molar-refractivity contribution in [1.29, 1.82) is 0 Å².